The van der Waals surface area contributed by atoms with Crippen molar-refractivity contribution in [2.24, 2.45) is 5.92 Å². The summed E-state index contributed by atoms with van der Waals surface area (Å²) in [4.78, 5) is 37.6. The molecule has 6 heteroatoms. The molecule has 0 saturated carbocycles. The van der Waals surface area contributed by atoms with Crippen molar-refractivity contribution < 1.29 is 28.6 Å². The van der Waals surface area contributed by atoms with Crippen molar-refractivity contribution in [3.63, 3.8) is 0 Å². The maximum absolute atomic E-state index is 12.7. The van der Waals surface area contributed by atoms with Crippen LogP contribution in [0.2, 0.25) is 0 Å². The molecule has 6 nitrogen and oxygen atoms in total. The van der Waals surface area contributed by atoms with Gasteiger partial charge in [-0.05, 0) is 25.2 Å². The zero-order valence-corrected chi connectivity index (χ0v) is 37.4. The van der Waals surface area contributed by atoms with E-state index in [0.29, 0.717) is 19.3 Å². The first-order valence-corrected chi connectivity index (χ1v) is 24.4. The fourth-order valence-corrected chi connectivity index (χ4v) is 7.33. The fraction of sp³-hybridized carbons (Fsp3) is 0.939. The Hall–Kier alpha value is -1.59. The molecule has 0 bridgehead atoms. The van der Waals surface area contributed by atoms with E-state index < -0.39 is 6.10 Å². The zero-order valence-electron chi connectivity index (χ0n) is 37.4. The van der Waals surface area contributed by atoms with Gasteiger partial charge in [-0.25, -0.2) is 0 Å². The molecule has 0 aliphatic rings. The highest BCUT2D eigenvalue weighted by molar-refractivity contribution is 5.71. The van der Waals surface area contributed by atoms with Gasteiger partial charge in [-0.1, -0.05) is 233 Å². The van der Waals surface area contributed by atoms with E-state index in [-0.39, 0.29) is 31.1 Å². The van der Waals surface area contributed by atoms with Gasteiger partial charge in [0.1, 0.15) is 13.2 Å². The van der Waals surface area contributed by atoms with E-state index in [0.717, 1.165) is 63.7 Å². The summed E-state index contributed by atoms with van der Waals surface area (Å²) >= 11 is 0. The molecule has 326 valence electrons. The number of carbonyl (C=O) groups excluding carboxylic acids is 3. The molecular formula is C49H94O6. The van der Waals surface area contributed by atoms with Gasteiger partial charge in [-0.15, -0.1) is 0 Å². The number of rotatable bonds is 44. The summed E-state index contributed by atoms with van der Waals surface area (Å²) in [5, 5.41) is 0. The lowest BCUT2D eigenvalue weighted by atomic mass is 10.0. The molecule has 0 aromatic heterocycles. The van der Waals surface area contributed by atoms with Gasteiger partial charge in [-0.3, -0.25) is 14.4 Å². The van der Waals surface area contributed by atoms with Gasteiger partial charge in [-0.2, -0.15) is 0 Å². The van der Waals surface area contributed by atoms with Crippen LogP contribution in [0.25, 0.3) is 0 Å². The second kappa shape index (κ2) is 43.5. The Kier molecular flexibility index (Phi) is 42.3. The summed E-state index contributed by atoms with van der Waals surface area (Å²) in [5.74, 6) is -0.0621. The van der Waals surface area contributed by atoms with Crippen LogP contribution in [0.15, 0.2) is 0 Å². The van der Waals surface area contributed by atoms with E-state index in [2.05, 4.69) is 27.7 Å². The molecule has 0 aliphatic heterocycles. The molecule has 0 spiro atoms. The molecule has 0 radical (unpaired) electrons. The number of esters is 3. The first-order chi connectivity index (χ1) is 26.9. The maximum atomic E-state index is 12.7. The predicted molar refractivity (Wildman–Crippen MR) is 233 cm³/mol. The van der Waals surface area contributed by atoms with Crippen LogP contribution in [0.5, 0.6) is 0 Å². The molecule has 0 unspecified atom stereocenters. The lowest BCUT2D eigenvalue weighted by Crippen LogP contribution is -2.30. The fourth-order valence-electron chi connectivity index (χ4n) is 7.33. The van der Waals surface area contributed by atoms with Gasteiger partial charge >= 0.3 is 17.9 Å². The third-order valence-electron chi connectivity index (χ3n) is 11.0. The van der Waals surface area contributed by atoms with E-state index in [1.165, 1.54) is 167 Å². The minimum Gasteiger partial charge on any atom is -0.462 e. The van der Waals surface area contributed by atoms with Crippen LogP contribution in [-0.2, 0) is 28.6 Å². The van der Waals surface area contributed by atoms with Gasteiger partial charge in [0.05, 0.1) is 0 Å². The molecule has 0 saturated heterocycles. The summed E-state index contributed by atoms with van der Waals surface area (Å²) in [6.45, 7) is 8.94. The monoisotopic (exact) mass is 779 g/mol. The van der Waals surface area contributed by atoms with E-state index >= 15 is 0 Å². The second-order valence-corrected chi connectivity index (χ2v) is 17.2. The van der Waals surface area contributed by atoms with Gasteiger partial charge in [0.15, 0.2) is 6.10 Å². The van der Waals surface area contributed by atoms with E-state index in [9.17, 15) is 14.4 Å². The first kappa shape index (κ1) is 53.4. The minimum absolute atomic E-state index is 0.0646. The third kappa shape index (κ3) is 43.4. The van der Waals surface area contributed by atoms with Crippen LogP contribution in [0.1, 0.15) is 272 Å². The zero-order chi connectivity index (χ0) is 40.3. The highest BCUT2D eigenvalue weighted by Gasteiger charge is 2.19. The number of hydrogen-bond acceptors (Lipinski definition) is 6. The number of hydrogen-bond donors (Lipinski definition) is 0. The average Bonchev–Trinajstić information content (AvgIpc) is 3.17. The topological polar surface area (TPSA) is 78.9 Å². The van der Waals surface area contributed by atoms with Crippen molar-refractivity contribution in [2.75, 3.05) is 13.2 Å². The van der Waals surface area contributed by atoms with Gasteiger partial charge in [0.25, 0.3) is 0 Å². The molecule has 0 aromatic carbocycles. The largest absolute Gasteiger partial charge is 0.462 e. The summed E-state index contributed by atoms with van der Waals surface area (Å²) in [7, 11) is 0. The van der Waals surface area contributed by atoms with Crippen LogP contribution in [0.4, 0.5) is 0 Å². The summed E-state index contributed by atoms with van der Waals surface area (Å²) in [5.41, 5.74) is 0. The highest BCUT2D eigenvalue weighted by atomic mass is 16.6. The van der Waals surface area contributed by atoms with Crippen molar-refractivity contribution in [1.29, 1.82) is 0 Å². The summed E-state index contributed by atoms with van der Waals surface area (Å²) in [6.07, 6.45) is 44.0. The molecule has 0 heterocycles. The third-order valence-corrected chi connectivity index (χ3v) is 11.0. The molecule has 0 aliphatic carbocycles. The Labute approximate surface area is 342 Å². The van der Waals surface area contributed by atoms with E-state index in [4.69, 9.17) is 14.2 Å². The Morgan fingerprint density at radius 2 is 0.600 bits per heavy atom. The van der Waals surface area contributed by atoms with E-state index in [1.54, 1.807) is 0 Å². The van der Waals surface area contributed by atoms with Gasteiger partial charge < -0.3 is 14.2 Å². The molecule has 0 amide bonds. The highest BCUT2D eigenvalue weighted by Crippen LogP contribution is 2.17. The van der Waals surface area contributed by atoms with Crippen molar-refractivity contribution in [1.82, 2.24) is 0 Å². The van der Waals surface area contributed by atoms with Crippen LogP contribution < -0.4 is 0 Å². The molecule has 1 atom stereocenters. The van der Waals surface area contributed by atoms with E-state index in [1.807, 2.05) is 0 Å². The molecular weight excluding hydrogens is 685 g/mol. The van der Waals surface area contributed by atoms with Crippen LogP contribution >= 0.6 is 0 Å². The number of ether oxygens (including phenoxy) is 3. The normalized spacial score (nSPS) is 11.9. The maximum Gasteiger partial charge on any atom is 0.306 e. The lowest BCUT2D eigenvalue weighted by Gasteiger charge is -2.18. The van der Waals surface area contributed by atoms with Crippen LogP contribution in [0, 0.1) is 5.92 Å². The van der Waals surface area contributed by atoms with Crippen molar-refractivity contribution in [2.45, 2.75) is 278 Å². The Morgan fingerprint density at radius 3 is 0.891 bits per heavy atom. The predicted octanol–water partition coefficient (Wildman–Crippen LogP) is 15.5. The standard InChI is InChI=1S/C49H94O6/c1-5-7-9-11-13-14-15-16-17-18-19-20-21-22-23-24-30-34-38-42-49(52)55-46(43-53-47(50)40-36-32-27-12-10-8-6-2)44-54-48(51)41-37-33-29-26-25-28-31-35-39-45(3)4/h45-46H,5-44H2,1-4H3/t46-/m0/s1. The van der Waals surface area contributed by atoms with Crippen LogP contribution in [0.3, 0.4) is 0 Å². The minimum atomic E-state index is -0.759. The smallest absolute Gasteiger partial charge is 0.306 e. The first-order valence-electron chi connectivity index (χ1n) is 24.4. The Balaban J connectivity index is 4.18. The SMILES string of the molecule is CCCCCCCCCCCCCCCCCCCCCC(=O)O[C@@H](COC(=O)CCCCCCCCC)COC(=O)CCCCCCCCCCC(C)C. The van der Waals surface area contributed by atoms with Crippen molar-refractivity contribution in [3.8, 4) is 0 Å². The molecule has 0 fully saturated rings. The number of carbonyl (C=O) groups is 3. The van der Waals surface area contributed by atoms with Crippen molar-refractivity contribution in [3.05, 3.63) is 0 Å². The molecule has 0 N–H and O–H groups in total. The van der Waals surface area contributed by atoms with Gasteiger partial charge in [0.2, 0.25) is 0 Å². The Morgan fingerprint density at radius 1 is 0.345 bits per heavy atom. The lowest BCUT2D eigenvalue weighted by molar-refractivity contribution is -0.167. The van der Waals surface area contributed by atoms with Crippen molar-refractivity contribution >= 4 is 17.9 Å². The van der Waals surface area contributed by atoms with Crippen LogP contribution in [-0.4, -0.2) is 37.2 Å². The second-order valence-electron chi connectivity index (χ2n) is 17.2. The van der Waals surface area contributed by atoms with Gasteiger partial charge in [0, 0.05) is 19.3 Å². The number of unbranched alkanes of at least 4 members (excludes halogenated alkanes) is 31. The quantitative estimate of drug-likeness (QED) is 0.0348. The molecule has 55 heavy (non-hydrogen) atoms. The Bertz CT molecular complexity index is 826. The summed E-state index contributed by atoms with van der Waals surface area (Å²) in [6, 6.07) is 0. The molecule has 0 rings (SSSR count). The summed E-state index contributed by atoms with van der Waals surface area (Å²) < 4.78 is 16.7. The molecule has 0 aromatic rings. The average molecular weight is 779 g/mol.